The molecule has 1 heterocycles. The molecule has 0 unspecified atom stereocenters. The van der Waals surface area contributed by atoms with Crippen LogP contribution in [0.25, 0.3) is 0 Å². The summed E-state index contributed by atoms with van der Waals surface area (Å²) >= 11 is 5.59. The first-order valence-corrected chi connectivity index (χ1v) is 5.76. The normalized spacial score (nSPS) is 10.4. The highest BCUT2D eigenvalue weighted by atomic mass is 35.5. The first kappa shape index (κ1) is 12.8. The van der Waals surface area contributed by atoms with Crippen LogP contribution in [-0.4, -0.2) is 4.98 Å². The summed E-state index contributed by atoms with van der Waals surface area (Å²) in [6.45, 7) is 2.28. The van der Waals surface area contributed by atoms with Gasteiger partial charge in [0.1, 0.15) is 11.6 Å². The summed E-state index contributed by atoms with van der Waals surface area (Å²) in [6.07, 6.45) is 1.63. The van der Waals surface area contributed by atoms with Crippen LogP contribution in [0.5, 0.6) is 11.6 Å². The number of hydrogen-bond donors (Lipinski definition) is 1. The molecule has 1 aromatic heterocycles. The number of nitrogens with zero attached hydrogens (tertiary/aromatic N) is 1. The first-order chi connectivity index (χ1) is 8.60. The van der Waals surface area contributed by atoms with E-state index in [9.17, 15) is 4.39 Å². The summed E-state index contributed by atoms with van der Waals surface area (Å²) < 4.78 is 18.7. The van der Waals surface area contributed by atoms with Crippen LogP contribution in [0.2, 0.25) is 5.02 Å². The van der Waals surface area contributed by atoms with E-state index in [-0.39, 0.29) is 5.02 Å². The summed E-state index contributed by atoms with van der Waals surface area (Å²) in [5.41, 5.74) is 7.27. The van der Waals surface area contributed by atoms with Gasteiger partial charge in [0, 0.05) is 24.4 Å². The molecule has 0 aliphatic heterocycles. The Balaban J connectivity index is 2.25. The standard InChI is InChI=1S/C13H12ClFN2O/c1-8-4-9(6-16)7-17-13(8)18-10-2-3-11(14)12(15)5-10/h2-5,7H,6,16H2,1H3. The smallest absolute Gasteiger partial charge is 0.222 e. The van der Waals surface area contributed by atoms with Crippen molar-refractivity contribution < 1.29 is 9.13 Å². The number of pyridine rings is 1. The zero-order valence-corrected chi connectivity index (χ0v) is 10.5. The van der Waals surface area contributed by atoms with Crippen molar-refractivity contribution in [3.63, 3.8) is 0 Å². The number of aryl methyl sites for hydroxylation is 1. The maximum atomic E-state index is 13.3. The van der Waals surface area contributed by atoms with E-state index >= 15 is 0 Å². The monoisotopic (exact) mass is 266 g/mol. The third kappa shape index (κ3) is 2.78. The van der Waals surface area contributed by atoms with Crippen LogP contribution in [0.15, 0.2) is 30.5 Å². The Kier molecular flexibility index (Phi) is 3.79. The molecule has 0 aliphatic rings. The van der Waals surface area contributed by atoms with Crippen molar-refractivity contribution in [3.05, 3.63) is 52.4 Å². The molecule has 94 valence electrons. The fraction of sp³-hybridized carbons (Fsp3) is 0.154. The maximum absolute atomic E-state index is 13.3. The van der Waals surface area contributed by atoms with Crippen molar-refractivity contribution in [2.45, 2.75) is 13.5 Å². The molecule has 0 fully saturated rings. The number of ether oxygens (including phenoxy) is 1. The van der Waals surface area contributed by atoms with Crippen LogP contribution in [0.3, 0.4) is 0 Å². The van der Waals surface area contributed by atoms with Crippen LogP contribution in [-0.2, 0) is 6.54 Å². The molecule has 2 N–H and O–H groups in total. The van der Waals surface area contributed by atoms with Gasteiger partial charge in [0.2, 0.25) is 5.88 Å². The third-order valence-corrected chi connectivity index (χ3v) is 2.73. The van der Waals surface area contributed by atoms with Crippen LogP contribution >= 0.6 is 11.6 Å². The van der Waals surface area contributed by atoms with E-state index in [2.05, 4.69) is 4.98 Å². The summed E-state index contributed by atoms with van der Waals surface area (Å²) in [4.78, 5) is 4.14. The number of aromatic nitrogens is 1. The Hall–Kier alpha value is -1.65. The first-order valence-electron chi connectivity index (χ1n) is 5.38. The lowest BCUT2D eigenvalue weighted by Gasteiger charge is -2.08. The predicted molar refractivity (Wildman–Crippen MR) is 68.3 cm³/mol. The summed E-state index contributed by atoms with van der Waals surface area (Å²) in [5, 5.41) is 0.0607. The Bertz CT molecular complexity index is 575. The van der Waals surface area contributed by atoms with Gasteiger partial charge in [-0.3, -0.25) is 0 Å². The fourth-order valence-corrected chi connectivity index (χ4v) is 1.61. The van der Waals surface area contributed by atoms with E-state index in [4.69, 9.17) is 22.1 Å². The van der Waals surface area contributed by atoms with Gasteiger partial charge in [-0.25, -0.2) is 9.37 Å². The molecule has 1 aromatic carbocycles. The van der Waals surface area contributed by atoms with Crippen LogP contribution in [0.1, 0.15) is 11.1 Å². The average Bonchev–Trinajstić information content (AvgIpc) is 2.36. The molecule has 0 bridgehead atoms. The topological polar surface area (TPSA) is 48.1 Å². The molecule has 2 rings (SSSR count). The zero-order valence-electron chi connectivity index (χ0n) is 9.78. The second-order valence-electron chi connectivity index (χ2n) is 3.85. The maximum Gasteiger partial charge on any atom is 0.222 e. The quantitative estimate of drug-likeness (QED) is 0.926. The lowest BCUT2D eigenvalue weighted by molar-refractivity contribution is 0.454. The molecule has 0 spiro atoms. The van der Waals surface area contributed by atoms with Gasteiger partial charge < -0.3 is 10.5 Å². The number of hydrogen-bond acceptors (Lipinski definition) is 3. The third-order valence-electron chi connectivity index (χ3n) is 2.43. The number of benzene rings is 1. The zero-order chi connectivity index (χ0) is 13.1. The fourth-order valence-electron chi connectivity index (χ4n) is 1.49. The van der Waals surface area contributed by atoms with Gasteiger partial charge in [-0.2, -0.15) is 0 Å². The van der Waals surface area contributed by atoms with Gasteiger partial charge in [-0.1, -0.05) is 11.6 Å². The molecule has 0 saturated heterocycles. The van der Waals surface area contributed by atoms with Crippen molar-refractivity contribution in [2.24, 2.45) is 5.73 Å². The van der Waals surface area contributed by atoms with Crippen molar-refractivity contribution in [1.82, 2.24) is 4.98 Å². The minimum Gasteiger partial charge on any atom is -0.439 e. The van der Waals surface area contributed by atoms with Gasteiger partial charge >= 0.3 is 0 Å². The molecular weight excluding hydrogens is 255 g/mol. The highest BCUT2D eigenvalue weighted by Crippen LogP contribution is 2.26. The Morgan fingerprint density at radius 3 is 2.78 bits per heavy atom. The minimum absolute atomic E-state index is 0.0607. The largest absolute Gasteiger partial charge is 0.439 e. The van der Waals surface area contributed by atoms with Gasteiger partial charge in [-0.15, -0.1) is 0 Å². The SMILES string of the molecule is Cc1cc(CN)cnc1Oc1ccc(Cl)c(F)c1. The lowest BCUT2D eigenvalue weighted by atomic mass is 10.2. The van der Waals surface area contributed by atoms with E-state index in [1.54, 1.807) is 12.3 Å². The Morgan fingerprint density at radius 1 is 1.39 bits per heavy atom. The van der Waals surface area contributed by atoms with Gasteiger partial charge in [-0.05, 0) is 30.7 Å². The highest BCUT2D eigenvalue weighted by molar-refractivity contribution is 6.30. The van der Waals surface area contributed by atoms with E-state index in [1.807, 2.05) is 13.0 Å². The van der Waals surface area contributed by atoms with Crippen molar-refractivity contribution in [2.75, 3.05) is 0 Å². The number of rotatable bonds is 3. The van der Waals surface area contributed by atoms with E-state index in [1.165, 1.54) is 12.1 Å². The molecule has 0 saturated carbocycles. The molecule has 18 heavy (non-hydrogen) atoms. The molecule has 0 amide bonds. The molecule has 3 nitrogen and oxygen atoms in total. The van der Waals surface area contributed by atoms with Crippen LogP contribution in [0, 0.1) is 12.7 Å². The van der Waals surface area contributed by atoms with Crippen molar-refractivity contribution in [3.8, 4) is 11.6 Å². The van der Waals surface area contributed by atoms with E-state index in [0.29, 0.717) is 18.2 Å². The molecule has 0 atom stereocenters. The minimum atomic E-state index is -0.523. The average molecular weight is 267 g/mol. The van der Waals surface area contributed by atoms with Gasteiger partial charge in [0.25, 0.3) is 0 Å². The highest BCUT2D eigenvalue weighted by Gasteiger charge is 2.06. The Morgan fingerprint density at radius 2 is 2.17 bits per heavy atom. The second kappa shape index (κ2) is 5.33. The van der Waals surface area contributed by atoms with Crippen molar-refractivity contribution >= 4 is 11.6 Å². The molecule has 2 aromatic rings. The summed E-state index contributed by atoms with van der Waals surface area (Å²) in [7, 11) is 0. The van der Waals surface area contributed by atoms with Gasteiger partial charge in [0.15, 0.2) is 0 Å². The molecule has 0 radical (unpaired) electrons. The van der Waals surface area contributed by atoms with Crippen LogP contribution < -0.4 is 10.5 Å². The van der Waals surface area contributed by atoms with Crippen molar-refractivity contribution in [1.29, 1.82) is 0 Å². The van der Waals surface area contributed by atoms with Gasteiger partial charge in [0.05, 0.1) is 5.02 Å². The molecule has 5 heteroatoms. The van der Waals surface area contributed by atoms with E-state index in [0.717, 1.165) is 11.1 Å². The predicted octanol–water partition coefficient (Wildman–Crippen LogP) is 3.43. The Labute approximate surface area is 109 Å². The van der Waals surface area contributed by atoms with E-state index < -0.39 is 5.82 Å². The summed E-state index contributed by atoms with van der Waals surface area (Å²) in [6, 6.07) is 6.13. The summed E-state index contributed by atoms with van der Waals surface area (Å²) in [5.74, 6) is 0.257. The number of nitrogens with two attached hydrogens (primary N) is 1. The molecule has 0 aliphatic carbocycles. The number of halogens is 2. The molecular formula is C13H12ClFN2O. The lowest BCUT2D eigenvalue weighted by Crippen LogP contribution is -1.99. The second-order valence-corrected chi connectivity index (χ2v) is 4.25. The van der Waals surface area contributed by atoms with Crippen LogP contribution in [0.4, 0.5) is 4.39 Å².